The van der Waals surface area contributed by atoms with Gasteiger partial charge in [-0.3, -0.25) is 4.79 Å². The molecule has 1 fully saturated rings. The first-order valence-corrected chi connectivity index (χ1v) is 7.45. The van der Waals surface area contributed by atoms with Crippen molar-refractivity contribution < 1.29 is 18.3 Å². The lowest BCUT2D eigenvalue weighted by atomic mass is 10.0. The first kappa shape index (κ1) is 13.4. The van der Waals surface area contributed by atoms with Gasteiger partial charge in [0.1, 0.15) is 0 Å². The van der Waals surface area contributed by atoms with Crippen molar-refractivity contribution in [3.63, 3.8) is 0 Å². The van der Waals surface area contributed by atoms with E-state index in [-0.39, 0.29) is 30.3 Å². The summed E-state index contributed by atoms with van der Waals surface area (Å²) in [5.74, 6) is -0.548. The molecule has 2 N–H and O–H groups in total. The van der Waals surface area contributed by atoms with E-state index in [1.807, 2.05) is 0 Å². The lowest BCUT2D eigenvalue weighted by molar-refractivity contribution is -0.137. The van der Waals surface area contributed by atoms with Gasteiger partial charge in [-0.15, -0.1) is 0 Å². The van der Waals surface area contributed by atoms with Crippen molar-refractivity contribution in [2.75, 3.05) is 24.6 Å². The standard InChI is InChI=1S/C10H19NO4S/c12-10(13)4-2-6-16(14,15)8-9-3-1-5-11-7-9/h9,11H,1-8H2,(H,12,13). The molecule has 94 valence electrons. The Kier molecular flexibility index (Phi) is 5.21. The van der Waals surface area contributed by atoms with Crippen LogP contribution in [0.1, 0.15) is 25.7 Å². The molecule has 0 aliphatic carbocycles. The van der Waals surface area contributed by atoms with Gasteiger partial charge in [0.15, 0.2) is 9.84 Å². The molecular weight excluding hydrogens is 230 g/mol. The number of aliphatic carboxylic acids is 1. The molecule has 1 unspecified atom stereocenters. The van der Waals surface area contributed by atoms with E-state index in [1.54, 1.807) is 0 Å². The minimum Gasteiger partial charge on any atom is -0.481 e. The molecule has 1 aliphatic rings. The monoisotopic (exact) mass is 249 g/mol. The van der Waals surface area contributed by atoms with Crippen LogP contribution >= 0.6 is 0 Å². The van der Waals surface area contributed by atoms with Gasteiger partial charge in [0.2, 0.25) is 0 Å². The van der Waals surface area contributed by atoms with Crippen LogP contribution in [0.2, 0.25) is 0 Å². The minimum absolute atomic E-state index is 0.00417. The maximum atomic E-state index is 11.7. The first-order chi connectivity index (χ1) is 7.49. The maximum absolute atomic E-state index is 11.7. The summed E-state index contributed by atoms with van der Waals surface area (Å²) in [5, 5.41) is 11.6. The maximum Gasteiger partial charge on any atom is 0.303 e. The molecule has 0 aromatic carbocycles. The van der Waals surface area contributed by atoms with Crippen molar-refractivity contribution in [2.24, 2.45) is 5.92 Å². The predicted molar refractivity (Wildman–Crippen MR) is 61.1 cm³/mol. The van der Waals surface area contributed by atoms with Gasteiger partial charge < -0.3 is 10.4 Å². The highest BCUT2D eigenvalue weighted by molar-refractivity contribution is 7.91. The Labute approximate surface area is 96.1 Å². The van der Waals surface area contributed by atoms with Crippen LogP contribution in [0.4, 0.5) is 0 Å². The van der Waals surface area contributed by atoms with Crippen molar-refractivity contribution in [2.45, 2.75) is 25.7 Å². The van der Waals surface area contributed by atoms with Crippen molar-refractivity contribution in [3.05, 3.63) is 0 Å². The molecule has 0 amide bonds. The normalized spacial score (nSPS) is 21.9. The van der Waals surface area contributed by atoms with Crippen LogP contribution in [0.3, 0.4) is 0 Å². The zero-order valence-electron chi connectivity index (χ0n) is 9.31. The molecule has 16 heavy (non-hydrogen) atoms. The van der Waals surface area contributed by atoms with Crippen molar-refractivity contribution >= 4 is 15.8 Å². The Hall–Kier alpha value is -0.620. The second kappa shape index (κ2) is 6.20. The lowest BCUT2D eigenvalue weighted by Crippen LogP contribution is -2.34. The Morgan fingerprint density at radius 2 is 2.19 bits per heavy atom. The van der Waals surface area contributed by atoms with E-state index in [1.165, 1.54) is 0 Å². The molecule has 1 rings (SSSR count). The quantitative estimate of drug-likeness (QED) is 0.705. The van der Waals surface area contributed by atoms with Gasteiger partial charge in [-0.05, 0) is 38.3 Å². The third-order valence-electron chi connectivity index (χ3n) is 2.73. The van der Waals surface area contributed by atoms with E-state index in [9.17, 15) is 13.2 Å². The summed E-state index contributed by atoms with van der Waals surface area (Å²) in [5.41, 5.74) is 0. The smallest absolute Gasteiger partial charge is 0.303 e. The summed E-state index contributed by atoms with van der Waals surface area (Å²) < 4.78 is 23.3. The molecule has 5 nitrogen and oxygen atoms in total. The third kappa shape index (κ3) is 5.46. The van der Waals surface area contributed by atoms with E-state index < -0.39 is 15.8 Å². The molecule has 0 radical (unpaired) electrons. The van der Waals surface area contributed by atoms with E-state index in [4.69, 9.17) is 5.11 Å². The average molecular weight is 249 g/mol. The van der Waals surface area contributed by atoms with Gasteiger partial charge in [0.25, 0.3) is 0 Å². The topological polar surface area (TPSA) is 83.5 Å². The molecule has 1 heterocycles. The number of carbonyl (C=O) groups is 1. The van der Waals surface area contributed by atoms with Gasteiger partial charge in [-0.1, -0.05) is 0 Å². The summed E-state index contributed by atoms with van der Waals surface area (Å²) in [4.78, 5) is 10.3. The number of piperidine rings is 1. The Balaban J connectivity index is 2.29. The molecule has 0 aromatic heterocycles. The van der Waals surface area contributed by atoms with Gasteiger partial charge in [0, 0.05) is 6.42 Å². The highest BCUT2D eigenvalue weighted by atomic mass is 32.2. The van der Waals surface area contributed by atoms with Crippen LogP contribution in [0, 0.1) is 5.92 Å². The summed E-state index contributed by atoms with van der Waals surface area (Å²) >= 11 is 0. The fourth-order valence-corrected chi connectivity index (χ4v) is 3.71. The number of carboxylic acid groups (broad SMARTS) is 1. The zero-order chi connectivity index (χ0) is 12.0. The van der Waals surface area contributed by atoms with Crippen LogP contribution in [0.25, 0.3) is 0 Å². The number of nitrogens with one attached hydrogen (secondary N) is 1. The number of sulfone groups is 1. The summed E-state index contributed by atoms with van der Waals surface area (Å²) in [6, 6.07) is 0. The molecule has 0 bridgehead atoms. The number of hydrogen-bond acceptors (Lipinski definition) is 4. The van der Waals surface area contributed by atoms with Crippen molar-refractivity contribution in [3.8, 4) is 0 Å². The van der Waals surface area contributed by atoms with Gasteiger partial charge in [0.05, 0.1) is 11.5 Å². The van der Waals surface area contributed by atoms with Crippen LogP contribution < -0.4 is 5.32 Å². The largest absolute Gasteiger partial charge is 0.481 e. The van der Waals surface area contributed by atoms with E-state index in [2.05, 4.69) is 5.32 Å². The van der Waals surface area contributed by atoms with Crippen molar-refractivity contribution in [1.29, 1.82) is 0 Å². The summed E-state index contributed by atoms with van der Waals surface area (Å²) in [7, 11) is -3.08. The summed E-state index contributed by atoms with van der Waals surface area (Å²) in [6.07, 6.45) is 2.13. The SMILES string of the molecule is O=C(O)CCCS(=O)(=O)CC1CCCNC1. The molecule has 0 aromatic rings. The molecule has 1 saturated heterocycles. The highest BCUT2D eigenvalue weighted by Gasteiger charge is 2.21. The average Bonchev–Trinajstić information content (AvgIpc) is 2.17. The highest BCUT2D eigenvalue weighted by Crippen LogP contribution is 2.13. The number of rotatable bonds is 6. The number of carboxylic acids is 1. The lowest BCUT2D eigenvalue weighted by Gasteiger charge is -2.22. The van der Waals surface area contributed by atoms with Gasteiger partial charge in [-0.25, -0.2) is 8.42 Å². The molecule has 6 heteroatoms. The Bertz CT molecular complexity index is 320. The van der Waals surface area contributed by atoms with Crippen LogP contribution in [0.5, 0.6) is 0 Å². The van der Waals surface area contributed by atoms with E-state index in [0.717, 1.165) is 25.9 Å². The second-order valence-electron chi connectivity index (χ2n) is 4.32. The van der Waals surface area contributed by atoms with E-state index >= 15 is 0 Å². The molecule has 0 saturated carbocycles. The first-order valence-electron chi connectivity index (χ1n) is 5.62. The molecular formula is C10H19NO4S. The summed E-state index contributed by atoms with van der Waals surface area (Å²) in [6.45, 7) is 1.73. The van der Waals surface area contributed by atoms with Crippen LogP contribution in [-0.4, -0.2) is 44.1 Å². The van der Waals surface area contributed by atoms with Crippen LogP contribution in [0.15, 0.2) is 0 Å². The van der Waals surface area contributed by atoms with E-state index in [0.29, 0.717) is 0 Å². The fourth-order valence-electron chi connectivity index (χ4n) is 1.95. The Morgan fingerprint density at radius 1 is 1.44 bits per heavy atom. The second-order valence-corrected chi connectivity index (χ2v) is 6.55. The van der Waals surface area contributed by atoms with Crippen LogP contribution in [-0.2, 0) is 14.6 Å². The molecule has 1 atom stereocenters. The van der Waals surface area contributed by atoms with Crippen molar-refractivity contribution in [1.82, 2.24) is 5.32 Å². The Morgan fingerprint density at radius 3 is 2.75 bits per heavy atom. The minimum atomic E-state index is -3.08. The fraction of sp³-hybridized carbons (Fsp3) is 0.900. The zero-order valence-corrected chi connectivity index (χ0v) is 10.1. The number of hydrogen-bond donors (Lipinski definition) is 2. The molecule has 0 spiro atoms. The third-order valence-corrected chi connectivity index (χ3v) is 4.62. The van der Waals surface area contributed by atoms with Gasteiger partial charge in [-0.2, -0.15) is 0 Å². The molecule has 1 aliphatic heterocycles. The predicted octanol–water partition coefficient (Wildman–Crippen LogP) is 0.266. The van der Waals surface area contributed by atoms with Gasteiger partial charge >= 0.3 is 5.97 Å².